The van der Waals surface area contributed by atoms with Gasteiger partial charge in [0.2, 0.25) is 17.7 Å². The van der Waals surface area contributed by atoms with Crippen LogP contribution in [-0.2, 0) is 32.0 Å². The van der Waals surface area contributed by atoms with Crippen molar-refractivity contribution in [2.75, 3.05) is 12.0 Å². The number of rotatable bonds is 15. The highest BCUT2D eigenvalue weighted by Crippen LogP contribution is 2.11. The minimum Gasteiger partial charge on any atom is -0.508 e. The molecule has 0 aliphatic carbocycles. The van der Waals surface area contributed by atoms with Gasteiger partial charge in [0.15, 0.2) is 0 Å². The Morgan fingerprint density at radius 1 is 0.846 bits per heavy atom. The molecule has 0 bridgehead atoms. The first kappa shape index (κ1) is 31.6. The molecular weight excluding hydrogens is 524 g/mol. The van der Waals surface area contributed by atoms with Crippen LogP contribution in [0.4, 0.5) is 0 Å². The zero-order chi connectivity index (χ0) is 28.9. The molecule has 0 fully saturated rings. The van der Waals surface area contributed by atoms with Crippen molar-refractivity contribution >= 4 is 35.5 Å². The Bertz CT molecular complexity index is 1100. The molecule has 2 aromatic carbocycles. The number of benzene rings is 2. The Labute approximate surface area is 231 Å². The minimum absolute atomic E-state index is 0.0520. The fraction of sp³-hybridized carbons (Fsp3) is 0.407. The number of nitrogens with one attached hydrogen (secondary N) is 3. The van der Waals surface area contributed by atoms with Gasteiger partial charge in [-0.2, -0.15) is 11.8 Å². The molecule has 39 heavy (non-hydrogen) atoms. The summed E-state index contributed by atoms with van der Waals surface area (Å²) in [6, 6.07) is 10.2. The Morgan fingerprint density at radius 2 is 1.44 bits per heavy atom. The van der Waals surface area contributed by atoms with Crippen LogP contribution in [0.2, 0.25) is 0 Å². The predicted octanol–water partition coefficient (Wildman–Crippen LogP) is 0.178. The molecule has 0 radical (unpaired) electrons. The van der Waals surface area contributed by atoms with Gasteiger partial charge in [-0.1, -0.05) is 42.5 Å². The van der Waals surface area contributed by atoms with E-state index in [-0.39, 0.29) is 25.0 Å². The van der Waals surface area contributed by atoms with Crippen LogP contribution in [0.3, 0.4) is 0 Å². The SMILES string of the molecule is CSCCC(NC(=O)C(NC(=O)C(N)Cc1ccc(O)cc1)C(C)O)C(=O)NC(Cc1ccccc1)C(=O)O. The Kier molecular flexibility index (Phi) is 12.7. The number of carboxylic acid groups (broad SMARTS) is 1. The summed E-state index contributed by atoms with van der Waals surface area (Å²) in [7, 11) is 0. The van der Waals surface area contributed by atoms with Crippen molar-refractivity contribution in [3.8, 4) is 5.75 Å². The third-order valence-electron chi connectivity index (χ3n) is 5.93. The summed E-state index contributed by atoms with van der Waals surface area (Å²) in [4.78, 5) is 50.6. The lowest BCUT2D eigenvalue weighted by Crippen LogP contribution is -2.60. The molecule has 5 unspecified atom stereocenters. The number of thioether (sulfide) groups is 1. The molecule has 0 saturated heterocycles. The number of aromatic hydroxyl groups is 1. The maximum atomic E-state index is 13.1. The molecule has 11 nitrogen and oxygen atoms in total. The molecule has 0 spiro atoms. The van der Waals surface area contributed by atoms with Crippen LogP contribution < -0.4 is 21.7 Å². The smallest absolute Gasteiger partial charge is 0.326 e. The normalized spacial score (nSPS) is 14.8. The number of aliphatic hydroxyl groups excluding tert-OH is 1. The van der Waals surface area contributed by atoms with E-state index in [0.717, 1.165) is 5.56 Å². The predicted molar refractivity (Wildman–Crippen MR) is 148 cm³/mol. The van der Waals surface area contributed by atoms with E-state index in [2.05, 4.69) is 16.0 Å². The maximum absolute atomic E-state index is 13.1. The largest absolute Gasteiger partial charge is 0.508 e. The van der Waals surface area contributed by atoms with Crippen LogP contribution in [0.25, 0.3) is 0 Å². The van der Waals surface area contributed by atoms with Crippen LogP contribution in [0.15, 0.2) is 54.6 Å². The lowest BCUT2D eigenvalue weighted by molar-refractivity contribution is -0.142. The van der Waals surface area contributed by atoms with Crippen LogP contribution >= 0.6 is 11.8 Å². The van der Waals surface area contributed by atoms with E-state index in [1.165, 1.54) is 30.8 Å². The van der Waals surface area contributed by atoms with Gasteiger partial charge in [0.05, 0.1) is 12.1 Å². The van der Waals surface area contributed by atoms with Gasteiger partial charge in [-0.3, -0.25) is 14.4 Å². The Hall–Kier alpha value is -3.61. The monoisotopic (exact) mass is 560 g/mol. The summed E-state index contributed by atoms with van der Waals surface area (Å²) in [5.41, 5.74) is 7.39. The summed E-state index contributed by atoms with van der Waals surface area (Å²) in [5, 5.41) is 36.7. The van der Waals surface area contributed by atoms with Crippen LogP contribution in [-0.4, -0.2) is 81.3 Å². The molecule has 0 saturated carbocycles. The molecule has 0 heterocycles. The van der Waals surface area contributed by atoms with Crippen molar-refractivity contribution in [1.29, 1.82) is 0 Å². The molecule has 0 aliphatic heterocycles. The van der Waals surface area contributed by atoms with Crippen molar-refractivity contribution in [3.63, 3.8) is 0 Å². The lowest BCUT2D eigenvalue weighted by atomic mass is 10.0. The third kappa shape index (κ3) is 10.6. The van der Waals surface area contributed by atoms with Crippen LogP contribution in [0.5, 0.6) is 5.75 Å². The first-order valence-electron chi connectivity index (χ1n) is 12.4. The highest BCUT2D eigenvalue weighted by atomic mass is 32.2. The van der Waals surface area contributed by atoms with Crippen LogP contribution in [0.1, 0.15) is 24.5 Å². The topological polar surface area (TPSA) is 191 Å². The van der Waals surface area contributed by atoms with E-state index in [4.69, 9.17) is 5.73 Å². The van der Waals surface area contributed by atoms with Gasteiger partial charge in [0.1, 0.15) is 23.9 Å². The van der Waals surface area contributed by atoms with Crippen molar-refractivity contribution in [3.05, 3.63) is 65.7 Å². The van der Waals surface area contributed by atoms with Crippen molar-refractivity contribution in [2.45, 2.75) is 56.5 Å². The average Bonchev–Trinajstić information content (AvgIpc) is 2.90. The van der Waals surface area contributed by atoms with E-state index in [9.17, 15) is 34.5 Å². The second-order valence-corrected chi connectivity index (χ2v) is 10.1. The zero-order valence-electron chi connectivity index (χ0n) is 21.9. The molecule has 2 aromatic rings. The summed E-state index contributed by atoms with van der Waals surface area (Å²) < 4.78 is 0. The van der Waals surface area contributed by atoms with Gasteiger partial charge in [0.25, 0.3) is 0 Å². The number of amides is 3. The number of aliphatic carboxylic acids is 1. The average molecular weight is 561 g/mol. The van der Waals surface area contributed by atoms with E-state index in [1.807, 2.05) is 6.26 Å². The summed E-state index contributed by atoms with van der Waals surface area (Å²) in [6.07, 6.45) is 0.870. The standard InChI is InChI=1S/C27H36N4O7S/c1-16(32)23(31-24(34)20(28)14-18-8-10-19(33)11-9-18)26(36)29-21(12-13-39-2)25(35)30-22(27(37)38)15-17-6-4-3-5-7-17/h3-11,16,20-23,32-33H,12-15,28H2,1-2H3,(H,29,36)(H,30,35)(H,31,34)(H,37,38). The molecule has 0 aliphatic rings. The number of carbonyl (C=O) groups is 4. The van der Waals surface area contributed by atoms with Crippen molar-refractivity contribution in [2.24, 2.45) is 5.73 Å². The summed E-state index contributed by atoms with van der Waals surface area (Å²) in [5.74, 6) is -2.87. The molecule has 5 atom stereocenters. The number of aliphatic hydroxyl groups is 1. The fourth-order valence-electron chi connectivity index (χ4n) is 3.73. The molecule has 2 rings (SSSR count). The Morgan fingerprint density at radius 3 is 2.00 bits per heavy atom. The number of carbonyl (C=O) groups excluding carboxylic acids is 3. The van der Waals surface area contributed by atoms with E-state index >= 15 is 0 Å². The zero-order valence-corrected chi connectivity index (χ0v) is 22.7. The second kappa shape index (κ2) is 15.7. The highest BCUT2D eigenvalue weighted by Gasteiger charge is 2.32. The Balaban J connectivity index is 2.08. The van der Waals surface area contributed by atoms with Gasteiger partial charge in [-0.15, -0.1) is 0 Å². The number of carboxylic acids is 1. The number of nitrogens with two attached hydrogens (primary N) is 1. The number of hydrogen-bond acceptors (Lipinski definition) is 8. The number of phenols is 1. The van der Waals surface area contributed by atoms with Crippen molar-refractivity contribution in [1.82, 2.24) is 16.0 Å². The molecule has 3 amide bonds. The quantitative estimate of drug-likeness (QED) is 0.159. The number of hydrogen-bond donors (Lipinski definition) is 7. The summed E-state index contributed by atoms with van der Waals surface area (Å²) in [6.45, 7) is 1.31. The van der Waals surface area contributed by atoms with Crippen LogP contribution in [0, 0.1) is 0 Å². The third-order valence-corrected chi connectivity index (χ3v) is 6.58. The van der Waals surface area contributed by atoms with Gasteiger partial charge in [-0.25, -0.2) is 4.79 Å². The highest BCUT2D eigenvalue weighted by molar-refractivity contribution is 7.98. The summed E-state index contributed by atoms with van der Waals surface area (Å²) >= 11 is 1.43. The van der Waals surface area contributed by atoms with Gasteiger partial charge in [0, 0.05) is 6.42 Å². The first-order valence-corrected chi connectivity index (χ1v) is 13.8. The lowest BCUT2D eigenvalue weighted by Gasteiger charge is -2.26. The second-order valence-electron chi connectivity index (χ2n) is 9.14. The van der Waals surface area contributed by atoms with E-state index in [0.29, 0.717) is 11.3 Å². The number of phenolic OH excluding ortho intramolecular Hbond substituents is 1. The maximum Gasteiger partial charge on any atom is 0.326 e. The fourth-order valence-corrected chi connectivity index (χ4v) is 4.20. The first-order chi connectivity index (χ1) is 18.5. The molecule has 8 N–H and O–H groups in total. The molecule has 212 valence electrons. The molecule has 12 heteroatoms. The molecular formula is C27H36N4O7S. The van der Waals surface area contributed by atoms with Gasteiger partial charge in [-0.05, 0) is 55.0 Å². The van der Waals surface area contributed by atoms with E-state index < -0.39 is 54.0 Å². The van der Waals surface area contributed by atoms with Gasteiger partial charge < -0.3 is 37.0 Å². The molecule has 0 aromatic heterocycles. The van der Waals surface area contributed by atoms with E-state index in [1.54, 1.807) is 42.5 Å². The van der Waals surface area contributed by atoms with Gasteiger partial charge >= 0.3 is 5.97 Å². The minimum atomic E-state index is -1.41. The van der Waals surface area contributed by atoms with Crippen molar-refractivity contribution < 1.29 is 34.5 Å².